The van der Waals surface area contributed by atoms with Gasteiger partial charge in [0, 0.05) is 5.56 Å². The van der Waals surface area contributed by atoms with Crippen LogP contribution in [-0.2, 0) is 6.61 Å². The van der Waals surface area contributed by atoms with Crippen LogP contribution in [0.3, 0.4) is 0 Å². The Balaban J connectivity index is 2.01. The summed E-state index contributed by atoms with van der Waals surface area (Å²) in [6.45, 7) is 2.56. The number of aryl methyl sites for hydroxylation is 1. The van der Waals surface area contributed by atoms with E-state index in [0.717, 1.165) is 11.3 Å². The van der Waals surface area contributed by atoms with E-state index in [0.29, 0.717) is 12.2 Å². The molecule has 4 heteroatoms. The summed E-state index contributed by atoms with van der Waals surface area (Å²) in [5.41, 5.74) is 4.93. The fourth-order valence-corrected chi connectivity index (χ4v) is 1.72. The number of nitrogen functional groups attached to an aromatic ring is 1. The second-order valence-electron chi connectivity index (χ2n) is 4.21. The van der Waals surface area contributed by atoms with E-state index in [1.54, 1.807) is 24.3 Å². The number of ether oxygens (including phenoxy) is 1. The van der Waals surface area contributed by atoms with Crippen molar-refractivity contribution in [1.29, 1.82) is 0 Å². The number of hydrogen-bond acceptors (Lipinski definition) is 3. The van der Waals surface area contributed by atoms with Crippen molar-refractivity contribution in [1.82, 2.24) is 5.43 Å². The van der Waals surface area contributed by atoms with Crippen LogP contribution in [0.25, 0.3) is 0 Å². The highest BCUT2D eigenvalue weighted by Gasteiger charge is 2.03. The van der Waals surface area contributed by atoms with E-state index in [1.165, 1.54) is 5.56 Å². The van der Waals surface area contributed by atoms with E-state index in [2.05, 4.69) is 5.43 Å². The van der Waals surface area contributed by atoms with Crippen LogP contribution in [0.15, 0.2) is 48.5 Å². The molecule has 0 unspecified atom stereocenters. The second-order valence-corrected chi connectivity index (χ2v) is 4.21. The third kappa shape index (κ3) is 3.33. The van der Waals surface area contributed by atoms with Gasteiger partial charge in [0.25, 0.3) is 5.91 Å². The Morgan fingerprint density at radius 3 is 2.47 bits per heavy atom. The first kappa shape index (κ1) is 13.1. The smallest absolute Gasteiger partial charge is 0.265 e. The largest absolute Gasteiger partial charge is 0.489 e. The molecule has 0 fully saturated rings. The minimum absolute atomic E-state index is 0.314. The third-order valence-electron chi connectivity index (χ3n) is 2.90. The lowest BCUT2D eigenvalue weighted by Gasteiger charge is -2.09. The summed E-state index contributed by atoms with van der Waals surface area (Å²) in [7, 11) is 0. The number of carbonyl (C=O) groups excluding carboxylic acids is 1. The SMILES string of the molecule is Cc1ccccc1COc1ccc(C(=O)NN)cc1. The summed E-state index contributed by atoms with van der Waals surface area (Å²) in [6.07, 6.45) is 0. The van der Waals surface area contributed by atoms with Crippen molar-refractivity contribution in [2.45, 2.75) is 13.5 Å². The average Bonchev–Trinajstić information content (AvgIpc) is 2.46. The zero-order valence-electron chi connectivity index (χ0n) is 10.7. The molecule has 0 saturated heterocycles. The number of nitrogens with two attached hydrogens (primary N) is 1. The molecular formula is C15H16N2O2. The van der Waals surface area contributed by atoms with Crippen molar-refractivity contribution in [2.75, 3.05) is 0 Å². The van der Waals surface area contributed by atoms with Crippen LogP contribution in [-0.4, -0.2) is 5.91 Å². The van der Waals surface area contributed by atoms with Crippen molar-refractivity contribution >= 4 is 5.91 Å². The molecule has 19 heavy (non-hydrogen) atoms. The Labute approximate surface area is 112 Å². The van der Waals surface area contributed by atoms with E-state index in [9.17, 15) is 4.79 Å². The predicted octanol–water partition coefficient (Wildman–Crippen LogP) is 2.18. The molecule has 0 spiro atoms. The summed E-state index contributed by atoms with van der Waals surface area (Å²) in [5, 5.41) is 0. The monoisotopic (exact) mass is 256 g/mol. The lowest BCUT2D eigenvalue weighted by atomic mass is 10.1. The van der Waals surface area contributed by atoms with Crippen molar-refractivity contribution < 1.29 is 9.53 Å². The number of hydrogen-bond donors (Lipinski definition) is 2. The standard InChI is InChI=1S/C15H16N2O2/c1-11-4-2-3-5-13(11)10-19-14-8-6-12(7-9-14)15(18)17-16/h2-9H,10,16H2,1H3,(H,17,18). The maximum atomic E-state index is 11.3. The fourth-order valence-electron chi connectivity index (χ4n) is 1.72. The molecule has 0 bridgehead atoms. The molecule has 0 saturated carbocycles. The number of hydrazine groups is 1. The molecule has 0 aliphatic carbocycles. The molecule has 98 valence electrons. The molecule has 0 heterocycles. The first-order valence-electron chi connectivity index (χ1n) is 5.99. The van der Waals surface area contributed by atoms with Gasteiger partial charge in [0.1, 0.15) is 12.4 Å². The van der Waals surface area contributed by atoms with E-state index < -0.39 is 0 Å². The van der Waals surface area contributed by atoms with Gasteiger partial charge in [0.2, 0.25) is 0 Å². The van der Waals surface area contributed by atoms with Gasteiger partial charge in [0.15, 0.2) is 0 Å². The first-order chi connectivity index (χ1) is 9.20. The summed E-state index contributed by atoms with van der Waals surface area (Å²) >= 11 is 0. The molecule has 2 aromatic rings. The molecule has 0 aliphatic rings. The van der Waals surface area contributed by atoms with E-state index >= 15 is 0 Å². The fraction of sp³-hybridized carbons (Fsp3) is 0.133. The van der Waals surface area contributed by atoms with Gasteiger partial charge < -0.3 is 4.74 Å². The van der Waals surface area contributed by atoms with Gasteiger partial charge in [0.05, 0.1) is 0 Å². The third-order valence-corrected chi connectivity index (χ3v) is 2.90. The van der Waals surface area contributed by atoms with Gasteiger partial charge >= 0.3 is 0 Å². The maximum absolute atomic E-state index is 11.3. The molecule has 3 N–H and O–H groups in total. The Bertz CT molecular complexity index is 565. The molecular weight excluding hydrogens is 240 g/mol. The second kappa shape index (κ2) is 6.02. The first-order valence-corrected chi connectivity index (χ1v) is 5.99. The minimum Gasteiger partial charge on any atom is -0.489 e. The van der Waals surface area contributed by atoms with Crippen LogP contribution in [0.4, 0.5) is 0 Å². The summed E-state index contributed by atoms with van der Waals surface area (Å²) in [6, 6.07) is 14.9. The van der Waals surface area contributed by atoms with Crippen molar-refractivity contribution in [2.24, 2.45) is 5.84 Å². The molecule has 0 atom stereocenters. The highest BCUT2D eigenvalue weighted by molar-refractivity contribution is 5.93. The quantitative estimate of drug-likeness (QED) is 0.500. The lowest BCUT2D eigenvalue weighted by Crippen LogP contribution is -2.29. The summed E-state index contributed by atoms with van der Waals surface area (Å²) in [4.78, 5) is 11.3. The van der Waals surface area contributed by atoms with Gasteiger partial charge in [-0.2, -0.15) is 0 Å². The van der Waals surface area contributed by atoms with Gasteiger partial charge in [-0.25, -0.2) is 5.84 Å². The predicted molar refractivity (Wildman–Crippen MR) is 73.6 cm³/mol. The van der Waals surface area contributed by atoms with Crippen LogP contribution < -0.4 is 16.0 Å². The van der Waals surface area contributed by atoms with E-state index in [-0.39, 0.29) is 5.91 Å². The molecule has 0 aliphatic heterocycles. The summed E-state index contributed by atoms with van der Waals surface area (Å²) < 4.78 is 5.68. The Hall–Kier alpha value is -2.33. The van der Waals surface area contributed by atoms with Gasteiger partial charge in [-0.05, 0) is 42.3 Å². The van der Waals surface area contributed by atoms with E-state index in [4.69, 9.17) is 10.6 Å². The topological polar surface area (TPSA) is 64.3 Å². The Morgan fingerprint density at radius 2 is 1.84 bits per heavy atom. The van der Waals surface area contributed by atoms with Gasteiger partial charge in [-0.3, -0.25) is 10.2 Å². The van der Waals surface area contributed by atoms with Crippen LogP contribution in [0.5, 0.6) is 5.75 Å². The number of carbonyl (C=O) groups is 1. The molecule has 2 rings (SSSR count). The van der Waals surface area contributed by atoms with Crippen molar-refractivity contribution in [3.8, 4) is 5.75 Å². The molecule has 4 nitrogen and oxygen atoms in total. The summed E-state index contributed by atoms with van der Waals surface area (Å²) in [5.74, 6) is 5.47. The van der Waals surface area contributed by atoms with Crippen LogP contribution in [0.1, 0.15) is 21.5 Å². The van der Waals surface area contributed by atoms with E-state index in [1.807, 2.05) is 31.2 Å². The van der Waals surface area contributed by atoms with Gasteiger partial charge in [-0.1, -0.05) is 24.3 Å². The zero-order chi connectivity index (χ0) is 13.7. The minimum atomic E-state index is -0.314. The number of rotatable bonds is 4. The molecule has 0 radical (unpaired) electrons. The zero-order valence-corrected chi connectivity index (χ0v) is 10.7. The highest BCUT2D eigenvalue weighted by Crippen LogP contribution is 2.15. The number of nitrogens with one attached hydrogen (secondary N) is 1. The normalized spacial score (nSPS) is 10.0. The van der Waals surface area contributed by atoms with Crippen LogP contribution in [0, 0.1) is 6.92 Å². The number of amides is 1. The van der Waals surface area contributed by atoms with Crippen molar-refractivity contribution in [3.63, 3.8) is 0 Å². The molecule has 1 amide bonds. The highest BCUT2D eigenvalue weighted by atomic mass is 16.5. The molecule has 0 aromatic heterocycles. The molecule has 2 aromatic carbocycles. The van der Waals surface area contributed by atoms with Crippen LogP contribution in [0.2, 0.25) is 0 Å². The average molecular weight is 256 g/mol. The number of benzene rings is 2. The van der Waals surface area contributed by atoms with Gasteiger partial charge in [-0.15, -0.1) is 0 Å². The Morgan fingerprint density at radius 1 is 1.16 bits per heavy atom. The maximum Gasteiger partial charge on any atom is 0.265 e. The van der Waals surface area contributed by atoms with Crippen LogP contribution >= 0.6 is 0 Å². The van der Waals surface area contributed by atoms with Crippen molar-refractivity contribution in [3.05, 3.63) is 65.2 Å². The Kier molecular flexibility index (Phi) is 4.15. The lowest BCUT2D eigenvalue weighted by molar-refractivity contribution is 0.0953.